The van der Waals surface area contributed by atoms with Gasteiger partial charge in [0, 0.05) is 32.2 Å². The summed E-state index contributed by atoms with van der Waals surface area (Å²) in [6.45, 7) is 6.63. The predicted octanol–water partition coefficient (Wildman–Crippen LogP) is 3.64. The Morgan fingerprint density at radius 1 is 1.32 bits per heavy atom. The van der Waals surface area contributed by atoms with E-state index in [1.54, 1.807) is 7.11 Å². The highest BCUT2D eigenvalue weighted by Gasteiger charge is 2.31. The number of aromatic amines is 1. The molecular formula is C20H32N2O3. The number of aromatic nitrogens is 1. The molecule has 1 N–H and O–H groups in total. The van der Waals surface area contributed by atoms with E-state index in [9.17, 15) is 4.79 Å². The lowest BCUT2D eigenvalue weighted by molar-refractivity contribution is -0.150. The van der Waals surface area contributed by atoms with E-state index in [1.165, 1.54) is 16.5 Å². The number of hydrogen-bond donors (Lipinski definition) is 1. The van der Waals surface area contributed by atoms with Crippen molar-refractivity contribution in [2.75, 3.05) is 33.4 Å². The molecule has 0 aliphatic carbocycles. The molecule has 1 aromatic carbocycles. The van der Waals surface area contributed by atoms with Crippen molar-refractivity contribution in [2.24, 2.45) is 0 Å². The number of carbonyl (C=O) groups excluding carboxylic acids is 1. The van der Waals surface area contributed by atoms with Gasteiger partial charge in [-0.2, -0.15) is 0 Å². The zero-order valence-electron chi connectivity index (χ0n) is 15.6. The summed E-state index contributed by atoms with van der Waals surface area (Å²) in [5.74, 6) is -0.113. The molecule has 0 radical (unpaired) electrons. The lowest BCUT2D eigenvalue weighted by Gasteiger charge is -2.22. The van der Waals surface area contributed by atoms with Crippen LogP contribution in [-0.4, -0.2) is 55.3 Å². The zero-order chi connectivity index (χ0) is 18.1. The van der Waals surface area contributed by atoms with Gasteiger partial charge in [-0.05, 0) is 37.4 Å². The number of benzene rings is 1. The number of rotatable bonds is 7. The van der Waals surface area contributed by atoms with Crippen molar-refractivity contribution in [1.29, 1.82) is 0 Å². The Morgan fingerprint density at radius 3 is 2.92 bits per heavy atom. The molecule has 0 amide bonds. The Hall–Kier alpha value is -1.85. The van der Waals surface area contributed by atoms with E-state index in [0.29, 0.717) is 13.2 Å². The molecule has 0 spiro atoms. The third-order valence-electron chi connectivity index (χ3n) is 4.51. The number of H-pyrrole nitrogens is 1. The van der Waals surface area contributed by atoms with Gasteiger partial charge in [-0.1, -0.05) is 32.0 Å². The third-order valence-corrected chi connectivity index (χ3v) is 4.51. The van der Waals surface area contributed by atoms with Crippen LogP contribution in [0.15, 0.2) is 30.5 Å². The van der Waals surface area contributed by atoms with Crippen molar-refractivity contribution in [1.82, 2.24) is 9.88 Å². The Kier molecular flexibility index (Phi) is 7.95. The molecule has 1 saturated heterocycles. The summed E-state index contributed by atoms with van der Waals surface area (Å²) in [5.41, 5.74) is 2.47. The summed E-state index contributed by atoms with van der Waals surface area (Å²) in [6.07, 6.45) is 4.95. The fraction of sp³-hybridized carbons (Fsp3) is 0.550. The molecule has 25 heavy (non-hydrogen) atoms. The van der Waals surface area contributed by atoms with Crippen LogP contribution in [-0.2, 0) is 20.7 Å². The highest BCUT2D eigenvalue weighted by Crippen LogP contribution is 2.22. The van der Waals surface area contributed by atoms with Crippen molar-refractivity contribution in [3.63, 3.8) is 0 Å². The summed E-state index contributed by atoms with van der Waals surface area (Å²) in [7, 11) is 1.61. The van der Waals surface area contributed by atoms with Crippen LogP contribution in [0.1, 0.15) is 33.7 Å². The van der Waals surface area contributed by atoms with Gasteiger partial charge in [-0.25, -0.2) is 0 Å². The van der Waals surface area contributed by atoms with Crippen LogP contribution < -0.4 is 0 Å². The second-order valence-electron chi connectivity index (χ2n) is 5.96. The molecule has 1 unspecified atom stereocenters. The SMILES string of the molecule is CC.COCCOC(=O)C1CCCN1CCc1c[nH]c2ccccc12.[HH]. The topological polar surface area (TPSA) is 54.6 Å². The van der Waals surface area contributed by atoms with Crippen LogP contribution in [0.4, 0.5) is 0 Å². The number of ether oxygens (including phenoxy) is 2. The Morgan fingerprint density at radius 2 is 2.12 bits per heavy atom. The number of fused-ring (bicyclic) bond motifs is 1. The minimum Gasteiger partial charge on any atom is -0.462 e. The molecule has 3 rings (SSSR count). The fourth-order valence-electron chi connectivity index (χ4n) is 3.28. The van der Waals surface area contributed by atoms with Crippen molar-refractivity contribution >= 4 is 16.9 Å². The molecule has 5 heteroatoms. The highest BCUT2D eigenvalue weighted by atomic mass is 16.6. The van der Waals surface area contributed by atoms with E-state index in [2.05, 4.69) is 34.3 Å². The predicted molar refractivity (Wildman–Crippen MR) is 103 cm³/mol. The number of nitrogens with one attached hydrogen (secondary N) is 1. The van der Waals surface area contributed by atoms with Gasteiger partial charge in [0.2, 0.25) is 0 Å². The number of esters is 1. The molecule has 140 valence electrons. The quantitative estimate of drug-likeness (QED) is 0.613. The Bertz CT molecular complexity index is 659. The van der Waals surface area contributed by atoms with E-state index in [-0.39, 0.29) is 13.4 Å². The normalized spacial score (nSPS) is 17.3. The molecule has 1 aliphatic heterocycles. The lowest BCUT2D eigenvalue weighted by atomic mass is 10.1. The summed E-state index contributed by atoms with van der Waals surface area (Å²) >= 11 is 0. The molecule has 2 heterocycles. The number of hydrogen-bond acceptors (Lipinski definition) is 4. The lowest BCUT2D eigenvalue weighted by Crippen LogP contribution is -2.38. The minimum atomic E-state index is -0.113. The third kappa shape index (κ3) is 5.06. The molecule has 5 nitrogen and oxygen atoms in total. The van der Waals surface area contributed by atoms with Crippen LogP contribution in [0.25, 0.3) is 10.9 Å². The summed E-state index contributed by atoms with van der Waals surface area (Å²) < 4.78 is 10.2. The second kappa shape index (κ2) is 10.2. The van der Waals surface area contributed by atoms with Crippen molar-refractivity contribution in [3.8, 4) is 0 Å². The molecule has 1 aliphatic rings. The fourth-order valence-corrected chi connectivity index (χ4v) is 3.28. The van der Waals surface area contributed by atoms with Gasteiger partial charge in [0.05, 0.1) is 6.61 Å². The van der Waals surface area contributed by atoms with Crippen molar-refractivity contribution in [2.45, 2.75) is 39.2 Å². The van der Waals surface area contributed by atoms with E-state index >= 15 is 0 Å². The van der Waals surface area contributed by atoms with Crippen LogP contribution in [0.3, 0.4) is 0 Å². The summed E-state index contributed by atoms with van der Waals surface area (Å²) in [6, 6.07) is 8.23. The molecule has 1 atom stereocenters. The number of nitrogens with zero attached hydrogens (tertiary/aromatic N) is 1. The first-order valence-electron chi connectivity index (χ1n) is 9.24. The van der Waals surface area contributed by atoms with Gasteiger partial charge in [0.25, 0.3) is 0 Å². The maximum absolute atomic E-state index is 12.2. The second-order valence-corrected chi connectivity index (χ2v) is 5.96. The first-order valence-corrected chi connectivity index (χ1v) is 9.24. The zero-order valence-corrected chi connectivity index (χ0v) is 15.6. The molecule has 0 bridgehead atoms. The number of para-hydroxylation sites is 1. The van der Waals surface area contributed by atoms with Gasteiger partial charge in [-0.15, -0.1) is 0 Å². The molecule has 2 aromatic rings. The summed E-state index contributed by atoms with van der Waals surface area (Å²) in [5, 5.41) is 1.27. The first kappa shape index (κ1) is 19.5. The van der Waals surface area contributed by atoms with Gasteiger partial charge < -0.3 is 14.5 Å². The van der Waals surface area contributed by atoms with Gasteiger partial charge >= 0.3 is 5.97 Å². The van der Waals surface area contributed by atoms with E-state index in [0.717, 1.165) is 32.4 Å². The number of likely N-dealkylation sites (tertiary alicyclic amines) is 1. The molecule has 1 fully saturated rings. The van der Waals surface area contributed by atoms with E-state index < -0.39 is 0 Å². The molecular weight excluding hydrogens is 316 g/mol. The Balaban J connectivity index is 0.00000109. The van der Waals surface area contributed by atoms with Gasteiger partial charge in [0.1, 0.15) is 12.6 Å². The van der Waals surface area contributed by atoms with Gasteiger partial charge in [-0.3, -0.25) is 9.69 Å². The van der Waals surface area contributed by atoms with Crippen LogP contribution in [0, 0.1) is 0 Å². The van der Waals surface area contributed by atoms with Crippen LogP contribution >= 0.6 is 0 Å². The first-order chi connectivity index (χ1) is 12.3. The summed E-state index contributed by atoms with van der Waals surface area (Å²) in [4.78, 5) is 17.7. The standard InChI is InChI=1S/C18H24N2O3.C2H6.H2/c1-22-11-12-23-18(21)17-7-4-9-20(17)10-8-14-13-19-16-6-3-2-5-15(14)16;1-2;/h2-3,5-6,13,17,19H,4,7-12H2,1H3;1-2H3;1H. The maximum Gasteiger partial charge on any atom is 0.323 e. The van der Waals surface area contributed by atoms with E-state index in [1.807, 2.05) is 19.9 Å². The largest absolute Gasteiger partial charge is 0.462 e. The molecule has 0 saturated carbocycles. The maximum atomic E-state index is 12.2. The average molecular weight is 348 g/mol. The number of carbonyl (C=O) groups is 1. The molecule has 1 aromatic heterocycles. The van der Waals surface area contributed by atoms with Gasteiger partial charge in [0.15, 0.2) is 0 Å². The Labute approximate surface area is 151 Å². The number of methoxy groups -OCH3 is 1. The highest BCUT2D eigenvalue weighted by molar-refractivity contribution is 5.83. The van der Waals surface area contributed by atoms with Crippen molar-refractivity contribution in [3.05, 3.63) is 36.0 Å². The van der Waals surface area contributed by atoms with Crippen molar-refractivity contribution < 1.29 is 15.7 Å². The smallest absolute Gasteiger partial charge is 0.323 e. The van der Waals surface area contributed by atoms with E-state index in [4.69, 9.17) is 9.47 Å². The van der Waals surface area contributed by atoms with Crippen LogP contribution in [0.5, 0.6) is 0 Å². The monoisotopic (exact) mass is 348 g/mol. The minimum absolute atomic E-state index is 0. The average Bonchev–Trinajstić information content (AvgIpc) is 3.28. The van der Waals surface area contributed by atoms with Crippen LogP contribution in [0.2, 0.25) is 0 Å².